The van der Waals surface area contributed by atoms with E-state index in [0.717, 1.165) is 3.70 Å². The van der Waals surface area contributed by atoms with E-state index in [1.165, 1.54) is 18.7 Å². The van der Waals surface area contributed by atoms with Gasteiger partial charge in [0.25, 0.3) is 0 Å². The molecule has 2 heterocycles. The molecular formula is C12H15FIN3O2. The zero-order valence-electron chi connectivity index (χ0n) is 11.0. The number of likely N-dealkylation sites (tertiary alicyclic amines) is 1. The molecule has 5 nitrogen and oxygen atoms in total. The van der Waals surface area contributed by atoms with Crippen molar-refractivity contribution in [1.29, 1.82) is 0 Å². The van der Waals surface area contributed by atoms with E-state index >= 15 is 0 Å². The predicted molar refractivity (Wildman–Crippen MR) is 75.7 cm³/mol. The number of carbonyl (C=O) groups excluding carboxylic acids is 1. The Kier molecular flexibility index (Phi) is 3.93. The lowest BCUT2D eigenvalue weighted by Gasteiger charge is -2.22. The van der Waals surface area contributed by atoms with Crippen molar-refractivity contribution >= 4 is 28.5 Å². The molecule has 1 fully saturated rings. The van der Waals surface area contributed by atoms with Crippen LogP contribution in [0.1, 0.15) is 19.5 Å². The van der Waals surface area contributed by atoms with Crippen LogP contribution in [0, 0.1) is 10.6 Å². The second kappa shape index (κ2) is 5.18. The summed E-state index contributed by atoms with van der Waals surface area (Å²) in [5.74, 6) is 0.167. The summed E-state index contributed by atoms with van der Waals surface area (Å²) in [4.78, 5) is 21.1. The number of aromatic nitrogens is 2. The zero-order valence-corrected chi connectivity index (χ0v) is 13.1. The largest absolute Gasteiger partial charge is 0.468 e. The molecule has 0 spiro atoms. The van der Waals surface area contributed by atoms with Crippen molar-refractivity contribution in [2.45, 2.75) is 32.5 Å². The Labute approximate surface area is 124 Å². The molecule has 0 saturated carbocycles. The minimum absolute atomic E-state index is 0.0455. The Morgan fingerprint density at radius 2 is 2.37 bits per heavy atom. The number of hydrogen-bond acceptors (Lipinski definition) is 4. The third kappa shape index (κ3) is 3.13. The summed E-state index contributed by atoms with van der Waals surface area (Å²) in [5.41, 5.74) is -0.966. The molecule has 19 heavy (non-hydrogen) atoms. The number of halogens is 2. The number of hydrogen-bond donors (Lipinski definition) is 0. The Bertz CT molecular complexity index is 510. The van der Waals surface area contributed by atoms with Crippen LogP contribution in [0.2, 0.25) is 0 Å². The molecule has 104 valence electrons. The van der Waals surface area contributed by atoms with Crippen molar-refractivity contribution < 1.29 is 13.9 Å². The van der Waals surface area contributed by atoms with Crippen LogP contribution in [-0.2, 0) is 4.79 Å². The molecular weight excluding hydrogens is 364 g/mol. The Morgan fingerprint density at radius 1 is 1.68 bits per heavy atom. The van der Waals surface area contributed by atoms with E-state index in [1.807, 2.05) is 22.6 Å². The highest BCUT2D eigenvalue weighted by atomic mass is 127. The van der Waals surface area contributed by atoms with Crippen LogP contribution >= 0.6 is 22.6 Å². The van der Waals surface area contributed by atoms with Gasteiger partial charge in [-0.1, -0.05) is 0 Å². The van der Waals surface area contributed by atoms with Crippen LogP contribution in [0.5, 0.6) is 5.88 Å². The van der Waals surface area contributed by atoms with E-state index in [1.54, 1.807) is 13.1 Å². The van der Waals surface area contributed by atoms with Crippen molar-refractivity contribution in [3.05, 3.63) is 15.6 Å². The fraction of sp³-hybridized carbons (Fsp3) is 0.583. The maximum absolute atomic E-state index is 14.4. The van der Waals surface area contributed by atoms with Gasteiger partial charge < -0.3 is 9.64 Å². The highest BCUT2D eigenvalue weighted by molar-refractivity contribution is 14.1. The van der Waals surface area contributed by atoms with Crippen LogP contribution < -0.4 is 4.74 Å². The number of nitrogens with zero attached hydrogens (tertiary/aromatic N) is 3. The first-order valence-corrected chi connectivity index (χ1v) is 6.97. The van der Waals surface area contributed by atoms with Crippen LogP contribution in [0.15, 0.2) is 6.20 Å². The number of amides is 1. The molecule has 0 aromatic carbocycles. The van der Waals surface area contributed by atoms with E-state index in [9.17, 15) is 9.18 Å². The summed E-state index contributed by atoms with van der Waals surface area (Å²) in [6.45, 7) is 4.90. The summed E-state index contributed by atoms with van der Waals surface area (Å²) in [6.07, 6.45) is 0.848. The van der Waals surface area contributed by atoms with Gasteiger partial charge in [-0.3, -0.25) is 4.79 Å². The summed E-state index contributed by atoms with van der Waals surface area (Å²) >= 11 is 2.05. The van der Waals surface area contributed by atoms with Crippen molar-refractivity contribution in [2.24, 2.45) is 0 Å². The van der Waals surface area contributed by atoms with Crippen LogP contribution in [0.25, 0.3) is 0 Å². The molecule has 1 aromatic rings. The lowest BCUT2D eigenvalue weighted by molar-refractivity contribution is -0.128. The monoisotopic (exact) mass is 379 g/mol. The zero-order chi connectivity index (χ0) is 14.2. The molecule has 0 bridgehead atoms. The van der Waals surface area contributed by atoms with Gasteiger partial charge in [0.1, 0.15) is 9.39 Å². The molecule has 2 unspecified atom stereocenters. The normalized spacial score (nSPS) is 26.6. The average Bonchev–Trinajstić information content (AvgIpc) is 2.58. The fourth-order valence-corrected chi connectivity index (χ4v) is 2.52. The predicted octanol–water partition coefficient (Wildman–Crippen LogP) is 1.73. The minimum atomic E-state index is -1.58. The van der Waals surface area contributed by atoms with Crippen LogP contribution in [0.3, 0.4) is 0 Å². The van der Waals surface area contributed by atoms with Gasteiger partial charge in [0.05, 0.1) is 19.3 Å². The molecule has 2 atom stereocenters. The Morgan fingerprint density at radius 3 is 2.89 bits per heavy atom. The number of carbonyl (C=O) groups is 1. The number of aryl methyl sites for hydroxylation is 1. The van der Waals surface area contributed by atoms with Crippen molar-refractivity contribution in [3.63, 3.8) is 0 Å². The van der Waals surface area contributed by atoms with Crippen LogP contribution in [-0.4, -0.2) is 45.6 Å². The first kappa shape index (κ1) is 14.4. The number of rotatable bonds is 2. The van der Waals surface area contributed by atoms with Gasteiger partial charge in [-0.2, -0.15) is 0 Å². The first-order valence-electron chi connectivity index (χ1n) is 5.90. The minimum Gasteiger partial charge on any atom is -0.468 e. The second-order valence-corrected chi connectivity index (χ2v) is 5.97. The van der Waals surface area contributed by atoms with E-state index in [4.69, 9.17) is 4.74 Å². The molecule has 2 rings (SSSR count). The number of ether oxygens (including phenoxy) is 1. The van der Waals surface area contributed by atoms with Crippen LogP contribution in [0.4, 0.5) is 4.39 Å². The van der Waals surface area contributed by atoms with Gasteiger partial charge in [-0.25, -0.2) is 14.4 Å². The van der Waals surface area contributed by atoms with Gasteiger partial charge in [-0.05, 0) is 36.4 Å². The Hall–Kier alpha value is -0.990. The SMILES string of the molecule is CC(=O)N1CC(Oc2ncc(I)nc2C)C(C)(F)C1. The standard InChI is InChI=1S/C12H15FIN3O2/c1-7-11(15-4-10(14)16-7)19-9-5-17(8(2)18)6-12(9,3)13/h4,9H,5-6H2,1-3H3. The third-order valence-corrected chi connectivity index (χ3v) is 3.65. The van der Waals surface area contributed by atoms with Gasteiger partial charge >= 0.3 is 0 Å². The molecule has 1 aliphatic heterocycles. The third-order valence-electron chi connectivity index (χ3n) is 3.13. The number of alkyl halides is 1. The highest BCUT2D eigenvalue weighted by Crippen LogP contribution is 2.29. The summed E-state index contributed by atoms with van der Waals surface area (Å²) in [6, 6.07) is 0. The van der Waals surface area contributed by atoms with E-state index in [0.29, 0.717) is 11.6 Å². The topological polar surface area (TPSA) is 55.3 Å². The molecule has 1 aliphatic rings. The first-order chi connectivity index (χ1) is 8.79. The average molecular weight is 379 g/mol. The molecule has 1 saturated heterocycles. The maximum Gasteiger partial charge on any atom is 0.235 e. The van der Waals surface area contributed by atoms with E-state index in [2.05, 4.69) is 9.97 Å². The maximum atomic E-state index is 14.4. The molecule has 0 N–H and O–H groups in total. The molecule has 0 radical (unpaired) electrons. The summed E-state index contributed by atoms with van der Waals surface area (Å²) in [5, 5.41) is 0. The lowest BCUT2D eigenvalue weighted by Crippen LogP contribution is -2.38. The van der Waals surface area contributed by atoms with Gasteiger partial charge in [0.15, 0.2) is 11.8 Å². The van der Waals surface area contributed by atoms with Gasteiger partial charge in [0, 0.05) is 6.92 Å². The summed E-state index contributed by atoms with van der Waals surface area (Å²) in [7, 11) is 0. The lowest BCUT2D eigenvalue weighted by atomic mass is 10.1. The Balaban J connectivity index is 2.16. The van der Waals surface area contributed by atoms with Crippen molar-refractivity contribution in [3.8, 4) is 5.88 Å². The molecule has 1 aromatic heterocycles. The highest BCUT2D eigenvalue weighted by Gasteiger charge is 2.46. The molecule has 0 aliphatic carbocycles. The molecule has 1 amide bonds. The van der Waals surface area contributed by atoms with Crippen molar-refractivity contribution in [1.82, 2.24) is 14.9 Å². The smallest absolute Gasteiger partial charge is 0.235 e. The van der Waals surface area contributed by atoms with E-state index < -0.39 is 11.8 Å². The van der Waals surface area contributed by atoms with Gasteiger partial charge in [0.2, 0.25) is 11.8 Å². The fourth-order valence-electron chi connectivity index (χ4n) is 2.02. The van der Waals surface area contributed by atoms with Gasteiger partial charge in [-0.15, -0.1) is 0 Å². The second-order valence-electron chi connectivity index (χ2n) is 4.87. The summed E-state index contributed by atoms with van der Waals surface area (Å²) < 4.78 is 20.8. The van der Waals surface area contributed by atoms with Crippen molar-refractivity contribution in [2.75, 3.05) is 13.1 Å². The quantitative estimate of drug-likeness (QED) is 0.735. The molecule has 7 heteroatoms. The van der Waals surface area contributed by atoms with E-state index in [-0.39, 0.29) is 19.0 Å².